The summed E-state index contributed by atoms with van der Waals surface area (Å²) < 4.78 is 5.14. The summed E-state index contributed by atoms with van der Waals surface area (Å²) in [5, 5.41) is 2.80. The van der Waals surface area contributed by atoms with Crippen molar-refractivity contribution in [2.45, 2.75) is 19.0 Å². The number of hydrogen-bond donors (Lipinski definition) is 3. The molecule has 2 aromatic rings. The van der Waals surface area contributed by atoms with Gasteiger partial charge in [0.15, 0.2) is 0 Å². The van der Waals surface area contributed by atoms with Crippen LogP contribution in [0.5, 0.6) is 5.75 Å². The minimum Gasteiger partial charge on any atom is -0.497 e. The van der Waals surface area contributed by atoms with E-state index < -0.39 is 6.04 Å². The van der Waals surface area contributed by atoms with Gasteiger partial charge >= 0.3 is 0 Å². The van der Waals surface area contributed by atoms with Gasteiger partial charge in [-0.3, -0.25) is 15.0 Å². The third-order valence-corrected chi connectivity index (χ3v) is 4.04. The van der Waals surface area contributed by atoms with E-state index in [1.165, 1.54) is 0 Å². The first-order valence-corrected chi connectivity index (χ1v) is 7.65. The molecule has 124 valence electrons. The highest BCUT2D eigenvalue weighted by Crippen LogP contribution is 2.23. The Kier molecular flexibility index (Phi) is 4.48. The molecule has 0 unspecified atom stereocenters. The van der Waals surface area contributed by atoms with Crippen LogP contribution in [-0.2, 0) is 4.79 Å². The Morgan fingerprint density at radius 2 is 1.75 bits per heavy atom. The monoisotopic (exact) mass is 325 g/mol. The zero-order chi connectivity index (χ0) is 17.1. The largest absolute Gasteiger partial charge is 0.497 e. The van der Waals surface area contributed by atoms with Crippen LogP contribution in [0, 0.1) is 6.92 Å². The molecule has 2 atom stereocenters. The van der Waals surface area contributed by atoms with Gasteiger partial charge in [-0.1, -0.05) is 29.8 Å². The SMILES string of the molecule is COc1ccc([C@@H]2NNC(=O)[C@H]2NC(=O)c2ccc(C)cc2)cc1. The number of methoxy groups -OCH3 is 1. The highest BCUT2D eigenvalue weighted by atomic mass is 16.5. The standard InChI is InChI=1S/C18H19N3O3/c1-11-3-5-13(6-4-11)17(22)19-16-15(20-21-18(16)23)12-7-9-14(24-2)10-8-12/h3-10,15-16,20H,1-2H3,(H,19,22)(H,21,23)/t15-,16-/m0/s1. The lowest BCUT2D eigenvalue weighted by atomic mass is 10.00. The fourth-order valence-corrected chi connectivity index (χ4v) is 2.63. The maximum Gasteiger partial charge on any atom is 0.258 e. The predicted molar refractivity (Wildman–Crippen MR) is 89.4 cm³/mol. The van der Waals surface area contributed by atoms with Gasteiger partial charge in [-0.2, -0.15) is 0 Å². The Labute approximate surface area is 140 Å². The average Bonchev–Trinajstić information content (AvgIpc) is 2.96. The van der Waals surface area contributed by atoms with E-state index in [9.17, 15) is 9.59 Å². The van der Waals surface area contributed by atoms with Gasteiger partial charge in [0.2, 0.25) is 0 Å². The number of benzene rings is 2. The molecule has 1 aliphatic heterocycles. The van der Waals surface area contributed by atoms with Crippen molar-refractivity contribution in [3.05, 3.63) is 65.2 Å². The topological polar surface area (TPSA) is 79.5 Å². The number of carbonyl (C=O) groups is 2. The van der Waals surface area contributed by atoms with Gasteiger partial charge in [-0.05, 0) is 36.8 Å². The summed E-state index contributed by atoms with van der Waals surface area (Å²) in [6, 6.07) is 13.5. The molecule has 1 heterocycles. The van der Waals surface area contributed by atoms with E-state index in [2.05, 4.69) is 16.2 Å². The zero-order valence-electron chi connectivity index (χ0n) is 13.5. The average molecular weight is 325 g/mol. The van der Waals surface area contributed by atoms with Gasteiger partial charge < -0.3 is 10.1 Å². The van der Waals surface area contributed by atoms with Crippen LogP contribution in [0.15, 0.2) is 48.5 Å². The second-order valence-corrected chi connectivity index (χ2v) is 5.70. The van der Waals surface area contributed by atoms with Crippen LogP contribution in [0.4, 0.5) is 0 Å². The van der Waals surface area contributed by atoms with Crippen LogP contribution >= 0.6 is 0 Å². The number of hydrogen-bond acceptors (Lipinski definition) is 4. The first-order chi connectivity index (χ1) is 11.6. The van der Waals surface area contributed by atoms with Crippen LogP contribution in [-0.4, -0.2) is 25.0 Å². The van der Waals surface area contributed by atoms with E-state index in [1.54, 1.807) is 19.2 Å². The van der Waals surface area contributed by atoms with Gasteiger partial charge in [0.1, 0.15) is 11.8 Å². The fourth-order valence-electron chi connectivity index (χ4n) is 2.63. The van der Waals surface area contributed by atoms with Crippen molar-refractivity contribution in [2.24, 2.45) is 0 Å². The summed E-state index contributed by atoms with van der Waals surface area (Å²) in [6.07, 6.45) is 0. The molecule has 0 radical (unpaired) electrons. The summed E-state index contributed by atoms with van der Waals surface area (Å²) >= 11 is 0. The lowest BCUT2D eigenvalue weighted by Crippen LogP contribution is -2.42. The predicted octanol–water partition coefficient (Wildman–Crippen LogP) is 1.48. The van der Waals surface area contributed by atoms with Crippen molar-refractivity contribution in [2.75, 3.05) is 7.11 Å². The second kappa shape index (κ2) is 6.72. The molecular formula is C18H19N3O3. The number of rotatable bonds is 4. The normalized spacial score (nSPS) is 19.7. The highest BCUT2D eigenvalue weighted by Gasteiger charge is 2.36. The molecule has 1 saturated heterocycles. The fraction of sp³-hybridized carbons (Fsp3) is 0.222. The molecule has 24 heavy (non-hydrogen) atoms. The first kappa shape index (κ1) is 16.0. The molecule has 2 aromatic carbocycles. The first-order valence-electron chi connectivity index (χ1n) is 7.65. The van der Waals surface area contributed by atoms with E-state index >= 15 is 0 Å². The van der Waals surface area contributed by atoms with E-state index in [-0.39, 0.29) is 17.9 Å². The third-order valence-electron chi connectivity index (χ3n) is 4.04. The molecule has 0 bridgehead atoms. The van der Waals surface area contributed by atoms with E-state index in [4.69, 9.17) is 4.74 Å². The Morgan fingerprint density at radius 3 is 2.38 bits per heavy atom. The molecule has 6 nitrogen and oxygen atoms in total. The lowest BCUT2D eigenvalue weighted by molar-refractivity contribution is -0.121. The van der Waals surface area contributed by atoms with Crippen LogP contribution in [0.3, 0.4) is 0 Å². The van der Waals surface area contributed by atoms with Crippen molar-refractivity contribution in [3.63, 3.8) is 0 Å². The Morgan fingerprint density at radius 1 is 1.08 bits per heavy atom. The summed E-state index contributed by atoms with van der Waals surface area (Å²) in [5.41, 5.74) is 7.97. The molecule has 0 saturated carbocycles. The summed E-state index contributed by atoms with van der Waals surface area (Å²) in [7, 11) is 1.60. The lowest BCUT2D eigenvalue weighted by Gasteiger charge is -2.18. The quantitative estimate of drug-likeness (QED) is 0.795. The second-order valence-electron chi connectivity index (χ2n) is 5.70. The highest BCUT2D eigenvalue weighted by molar-refractivity contribution is 5.98. The summed E-state index contributed by atoms with van der Waals surface area (Å²) in [5.74, 6) is 0.185. The molecule has 1 aliphatic rings. The Hall–Kier alpha value is -2.86. The van der Waals surface area contributed by atoms with Gasteiger partial charge in [-0.15, -0.1) is 0 Å². The van der Waals surface area contributed by atoms with Crippen molar-refractivity contribution >= 4 is 11.8 Å². The number of hydrazine groups is 1. The van der Waals surface area contributed by atoms with Crippen LogP contribution in [0.1, 0.15) is 27.5 Å². The maximum absolute atomic E-state index is 12.4. The van der Waals surface area contributed by atoms with Crippen molar-refractivity contribution in [1.29, 1.82) is 0 Å². The minimum atomic E-state index is -0.688. The van der Waals surface area contributed by atoms with Gasteiger partial charge in [0.25, 0.3) is 11.8 Å². The van der Waals surface area contributed by atoms with Gasteiger partial charge in [0, 0.05) is 5.56 Å². The molecule has 6 heteroatoms. The van der Waals surface area contributed by atoms with Crippen LogP contribution < -0.4 is 20.9 Å². The van der Waals surface area contributed by atoms with E-state index in [0.29, 0.717) is 5.56 Å². The van der Waals surface area contributed by atoms with E-state index in [1.807, 2.05) is 43.3 Å². The zero-order valence-corrected chi connectivity index (χ0v) is 13.5. The smallest absolute Gasteiger partial charge is 0.258 e. The molecular weight excluding hydrogens is 306 g/mol. The van der Waals surface area contributed by atoms with Crippen molar-refractivity contribution < 1.29 is 14.3 Å². The molecule has 1 fully saturated rings. The minimum absolute atomic E-state index is 0.267. The van der Waals surface area contributed by atoms with Crippen LogP contribution in [0.25, 0.3) is 0 Å². The number of nitrogens with one attached hydrogen (secondary N) is 3. The summed E-state index contributed by atoms with van der Waals surface area (Å²) in [6.45, 7) is 1.95. The maximum atomic E-state index is 12.4. The van der Waals surface area contributed by atoms with Crippen molar-refractivity contribution in [1.82, 2.24) is 16.2 Å². The Bertz CT molecular complexity index is 741. The molecule has 3 rings (SSSR count). The van der Waals surface area contributed by atoms with Gasteiger partial charge in [0.05, 0.1) is 13.2 Å². The number of amides is 2. The third kappa shape index (κ3) is 3.23. The summed E-state index contributed by atoms with van der Waals surface area (Å²) in [4.78, 5) is 24.5. The van der Waals surface area contributed by atoms with Gasteiger partial charge in [-0.25, -0.2) is 5.43 Å². The molecule has 3 N–H and O–H groups in total. The number of ether oxygens (including phenoxy) is 1. The molecule has 0 spiro atoms. The van der Waals surface area contributed by atoms with Crippen LogP contribution in [0.2, 0.25) is 0 Å². The number of aryl methyl sites for hydroxylation is 1. The molecule has 0 aromatic heterocycles. The Balaban J connectivity index is 1.77. The van der Waals surface area contributed by atoms with E-state index in [0.717, 1.165) is 16.9 Å². The molecule has 2 amide bonds. The van der Waals surface area contributed by atoms with Crippen molar-refractivity contribution in [3.8, 4) is 5.75 Å². The number of carbonyl (C=O) groups excluding carboxylic acids is 2. The molecule has 0 aliphatic carbocycles.